The number of carbonyl (C=O) groups excluding carboxylic acids is 1. The molecule has 1 atom stereocenters. The van der Waals surface area contributed by atoms with Crippen LogP contribution >= 0.6 is 0 Å². The summed E-state index contributed by atoms with van der Waals surface area (Å²) < 4.78 is 10.8. The molecule has 1 aromatic carbocycles. The number of para-hydroxylation sites is 1. The van der Waals surface area contributed by atoms with E-state index in [0.29, 0.717) is 37.6 Å². The van der Waals surface area contributed by atoms with Crippen LogP contribution < -0.4 is 9.47 Å². The molecule has 8 nitrogen and oxygen atoms in total. The van der Waals surface area contributed by atoms with Crippen LogP contribution in [0.3, 0.4) is 0 Å². The lowest BCUT2D eigenvalue weighted by molar-refractivity contribution is -0.160. The van der Waals surface area contributed by atoms with Gasteiger partial charge in [0.25, 0.3) is 5.91 Å². The lowest BCUT2D eigenvalue weighted by atomic mass is 9.90. The van der Waals surface area contributed by atoms with Crippen molar-refractivity contribution in [1.29, 1.82) is 0 Å². The summed E-state index contributed by atoms with van der Waals surface area (Å²) in [6, 6.07) is 5.59. The van der Waals surface area contributed by atoms with Gasteiger partial charge in [0.05, 0.1) is 19.9 Å². The molecule has 0 spiro atoms. The first-order valence-corrected chi connectivity index (χ1v) is 9.62. The van der Waals surface area contributed by atoms with Gasteiger partial charge >= 0.3 is 0 Å². The molecule has 1 aliphatic heterocycles. The van der Waals surface area contributed by atoms with Gasteiger partial charge in [0.2, 0.25) is 0 Å². The minimum Gasteiger partial charge on any atom is -0.493 e. The largest absolute Gasteiger partial charge is 0.493 e. The predicted octanol–water partition coefficient (Wildman–Crippen LogP) is 1.48. The third-order valence-corrected chi connectivity index (χ3v) is 5.13. The standard InChI is InChI=1S/C21H28N4O4/c1-24(14-17-12-22-9-10-23-17)15-21(27)8-5-11-25(20(21)26)13-16-6-4-7-18(28-2)19(16)29-3/h4,6-7,9-10,12,27H,5,8,11,13-15H2,1-3H3/t21-/m0/s1. The normalized spacial score (nSPS) is 19.5. The fraction of sp³-hybridized carbons (Fsp3) is 0.476. The summed E-state index contributed by atoms with van der Waals surface area (Å²) in [6.07, 6.45) is 6.10. The molecule has 0 radical (unpaired) electrons. The smallest absolute Gasteiger partial charge is 0.256 e. The third-order valence-electron chi connectivity index (χ3n) is 5.13. The number of rotatable bonds is 8. The Morgan fingerprint density at radius 1 is 1.28 bits per heavy atom. The molecule has 0 aliphatic carbocycles. The number of benzene rings is 1. The lowest BCUT2D eigenvalue weighted by Gasteiger charge is -2.40. The van der Waals surface area contributed by atoms with E-state index < -0.39 is 5.60 Å². The van der Waals surface area contributed by atoms with E-state index >= 15 is 0 Å². The highest BCUT2D eigenvalue weighted by atomic mass is 16.5. The van der Waals surface area contributed by atoms with Crippen molar-refractivity contribution < 1.29 is 19.4 Å². The zero-order chi connectivity index (χ0) is 20.9. The van der Waals surface area contributed by atoms with Crippen LogP contribution in [0.15, 0.2) is 36.8 Å². The van der Waals surface area contributed by atoms with Gasteiger partial charge in [0.1, 0.15) is 0 Å². The SMILES string of the molecule is COc1cccc(CN2CCC[C@](O)(CN(C)Cc3cnccn3)C2=O)c1OC. The van der Waals surface area contributed by atoms with E-state index in [9.17, 15) is 9.90 Å². The van der Waals surface area contributed by atoms with Gasteiger partial charge in [0.15, 0.2) is 17.1 Å². The highest BCUT2D eigenvalue weighted by Crippen LogP contribution is 2.33. The number of carbonyl (C=O) groups is 1. The number of aliphatic hydroxyl groups is 1. The van der Waals surface area contributed by atoms with E-state index in [1.165, 1.54) is 0 Å². The topological polar surface area (TPSA) is 88.0 Å². The molecular weight excluding hydrogens is 372 g/mol. The molecule has 29 heavy (non-hydrogen) atoms. The van der Waals surface area contributed by atoms with Gasteiger partial charge < -0.3 is 19.5 Å². The molecule has 8 heteroatoms. The Kier molecular flexibility index (Phi) is 6.66. The van der Waals surface area contributed by atoms with Gasteiger partial charge in [-0.05, 0) is 26.0 Å². The molecule has 0 bridgehead atoms. The molecule has 0 saturated carbocycles. The quantitative estimate of drug-likeness (QED) is 0.718. The van der Waals surface area contributed by atoms with E-state index in [4.69, 9.17) is 9.47 Å². The summed E-state index contributed by atoms with van der Waals surface area (Å²) in [6.45, 7) is 1.69. The second-order valence-electron chi connectivity index (χ2n) is 7.38. The molecule has 3 rings (SSSR count). The summed E-state index contributed by atoms with van der Waals surface area (Å²) in [7, 11) is 5.03. The van der Waals surface area contributed by atoms with Crippen molar-refractivity contribution in [1.82, 2.24) is 19.8 Å². The van der Waals surface area contributed by atoms with Crippen molar-refractivity contribution in [2.75, 3.05) is 34.4 Å². The number of likely N-dealkylation sites (tertiary alicyclic amines) is 1. The Hall–Kier alpha value is -2.71. The average molecular weight is 400 g/mol. The number of likely N-dealkylation sites (N-methyl/N-ethyl adjacent to an activating group) is 1. The van der Waals surface area contributed by atoms with E-state index in [1.54, 1.807) is 37.7 Å². The Labute approximate surface area is 171 Å². The van der Waals surface area contributed by atoms with Crippen LogP contribution in [0, 0.1) is 0 Å². The second kappa shape index (κ2) is 9.19. The number of amides is 1. The minimum atomic E-state index is -1.43. The van der Waals surface area contributed by atoms with E-state index in [0.717, 1.165) is 17.7 Å². The lowest BCUT2D eigenvalue weighted by Crippen LogP contribution is -2.57. The summed E-state index contributed by atoms with van der Waals surface area (Å²) in [4.78, 5) is 25.0. The van der Waals surface area contributed by atoms with Gasteiger partial charge in [-0.15, -0.1) is 0 Å². The molecule has 1 aliphatic rings. The zero-order valence-corrected chi connectivity index (χ0v) is 17.2. The minimum absolute atomic E-state index is 0.230. The number of ether oxygens (including phenoxy) is 2. The van der Waals surface area contributed by atoms with E-state index in [2.05, 4.69) is 9.97 Å². The first-order valence-electron chi connectivity index (χ1n) is 9.62. The van der Waals surface area contributed by atoms with Crippen LogP contribution in [0.1, 0.15) is 24.1 Å². The fourth-order valence-electron chi connectivity index (χ4n) is 3.84. The number of piperidine rings is 1. The Bertz CT molecular complexity index is 833. The molecule has 0 unspecified atom stereocenters. The maximum absolute atomic E-state index is 13.1. The summed E-state index contributed by atoms with van der Waals surface area (Å²) in [5, 5.41) is 11.1. The number of methoxy groups -OCH3 is 2. The predicted molar refractivity (Wildman–Crippen MR) is 108 cm³/mol. The number of aromatic nitrogens is 2. The van der Waals surface area contributed by atoms with Crippen molar-refractivity contribution in [2.24, 2.45) is 0 Å². The molecule has 1 aromatic heterocycles. The van der Waals surface area contributed by atoms with Crippen molar-refractivity contribution in [2.45, 2.75) is 31.5 Å². The number of nitrogens with zero attached hydrogens (tertiary/aromatic N) is 4. The zero-order valence-electron chi connectivity index (χ0n) is 17.2. The van der Waals surface area contributed by atoms with Crippen LogP contribution in [0.5, 0.6) is 11.5 Å². The molecule has 2 aromatic rings. The number of hydrogen-bond acceptors (Lipinski definition) is 7. The molecule has 2 heterocycles. The van der Waals surface area contributed by atoms with Gasteiger partial charge in [-0.2, -0.15) is 0 Å². The molecule has 1 amide bonds. The molecular formula is C21H28N4O4. The maximum atomic E-state index is 13.1. The maximum Gasteiger partial charge on any atom is 0.256 e. The molecule has 156 valence electrons. The van der Waals surface area contributed by atoms with Gasteiger partial charge in [-0.3, -0.25) is 19.7 Å². The number of hydrogen-bond donors (Lipinski definition) is 1. The van der Waals surface area contributed by atoms with Gasteiger partial charge in [0, 0.05) is 50.3 Å². The van der Waals surface area contributed by atoms with E-state index in [1.807, 2.05) is 30.1 Å². The van der Waals surface area contributed by atoms with E-state index in [-0.39, 0.29) is 12.5 Å². The van der Waals surface area contributed by atoms with Gasteiger partial charge in [-0.25, -0.2) is 0 Å². The molecule has 1 saturated heterocycles. The fourth-order valence-corrected chi connectivity index (χ4v) is 3.84. The van der Waals surface area contributed by atoms with Crippen LogP contribution in [0.25, 0.3) is 0 Å². The third kappa shape index (κ3) is 4.83. The Morgan fingerprint density at radius 3 is 2.79 bits per heavy atom. The monoisotopic (exact) mass is 400 g/mol. The highest BCUT2D eigenvalue weighted by molar-refractivity contribution is 5.86. The summed E-state index contributed by atoms with van der Waals surface area (Å²) in [5.41, 5.74) is 0.207. The average Bonchev–Trinajstić information content (AvgIpc) is 2.72. The molecule has 1 N–H and O–H groups in total. The van der Waals surface area contributed by atoms with Crippen LogP contribution in [-0.2, 0) is 17.9 Å². The van der Waals surface area contributed by atoms with Crippen molar-refractivity contribution >= 4 is 5.91 Å². The van der Waals surface area contributed by atoms with Crippen LogP contribution in [-0.4, -0.2) is 70.7 Å². The van der Waals surface area contributed by atoms with Crippen LogP contribution in [0.4, 0.5) is 0 Å². The first kappa shape index (κ1) is 21.0. The van der Waals surface area contributed by atoms with Crippen molar-refractivity contribution in [3.05, 3.63) is 48.0 Å². The van der Waals surface area contributed by atoms with Crippen LogP contribution in [0.2, 0.25) is 0 Å². The van der Waals surface area contributed by atoms with Crippen molar-refractivity contribution in [3.63, 3.8) is 0 Å². The first-order chi connectivity index (χ1) is 14.0. The summed E-state index contributed by atoms with van der Waals surface area (Å²) in [5.74, 6) is 0.963. The summed E-state index contributed by atoms with van der Waals surface area (Å²) >= 11 is 0. The van der Waals surface area contributed by atoms with Gasteiger partial charge in [-0.1, -0.05) is 12.1 Å². The molecule has 1 fully saturated rings. The highest BCUT2D eigenvalue weighted by Gasteiger charge is 2.43. The Morgan fingerprint density at radius 2 is 2.10 bits per heavy atom. The second-order valence-corrected chi connectivity index (χ2v) is 7.38. The Balaban J connectivity index is 1.71. The van der Waals surface area contributed by atoms with Crippen molar-refractivity contribution in [3.8, 4) is 11.5 Å².